The van der Waals surface area contributed by atoms with E-state index < -0.39 is 0 Å². The third-order valence-electron chi connectivity index (χ3n) is 3.49. The number of nitrogens with zero attached hydrogens (tertiary/aromatic N) is 1. The van der Waals surface area contributed by atoms with Crippen LogP contribution in [0.15, 0.2) is 0 Å². The molecule has 2 N–H and O–H groups in total. The first-order valence-electron chi connectivity index (χ1n) is 5.90. The Hall–Kier alpha value is -1.10. The van der Waals surface area contributed by atoms with Crippen molar-refractivity contribution >= 4 is 11.8 Å². The zero-order valence-electron chi connectivity index (χ0n) is 9.32. The van der Waals surface area contributed by atoms with Crippen molar-refractivity contribution in [2.45, 2.75) is 31.7 Å². The van der Waals surface area contributed by atoms with Crippen molar-refractivity contribution in [3.05, 3.63) is 0 Å². The maximum absolute atomic E-state index is 12.1. The Morgan fingerprint density at radius 2 is 2.31 bits per heavy atom. The number of likely N-dealkylation sites (tertiary alicyclic amines) is 1. The number of hydrogen-bond acceptors (Lipinski definition) is 3. The molecule has 1 unspecified atom stereocenters. The van der Waals surface area contributed by atoms with E-state index in [4.69, 9.17) is 5.11 Å². The summed E-state index contributed by atoms with van der Waals surface area (Å²) >= 11 is 0. The first kappa shape index (κ1) is 11.4. The Morgan fingerprint density at radius 3 is 2.94 bits per heavy atom. The zero-order valence-corrected chi connectivity index (χ0v) is 9.32. The van der Waals surface area contributed by atoms with Gasteiger partial charge in [-0.1, -0.05) is 0 Å². The average Bonchev–Trinajstić information content (AvgIpc) is 2.77. The minimum Gasteiger partial charge on any atom is -0.394 e. The lowest BCUT2D eigenvalue weighted by molar-refractivity contribution is -0.138. The minimum absolute atomic E-state index is 0.00914. The molecule has 0 aromatic carbocycles. The third-order valence-corrected chi connectivity index (χ3v) is 3.49. The molecule has 2 aliphatic heterocycles. The number of nitrogens with one attached hydrogen (secondary N) is 1. The fourth-order valence-electron chi connectivity index (χ4n) is 2.49. The van der Waals surface area contributed by atoms with Gasteiger partial charge in [0.2, 0.25) is 11.8 Å². The van der Waals surface area contributed by atoms with Gasteiger partial charge >= 0.3 is 0 Å². The van der Waals surface area contributed by atoms with Crippen LogP contribution in [-0.2, 0) is 9.59 Å². The van der Waals surface area contributed by atoms with Crippen LogP contribution in [0.1, 0.15) is 25.7 Å². The topological polar surface area (TPSA) is 69.6 Å². The number of aliphatic hydroxyl groups is 1. The van der Waals surface area contributed by atoms with Gasteiger partial charge < -0.3 is 15.3 Å². The third kappa shape index (κ3) is 2.19. The highest BCUT2D eigenvalue weighted by Gasteiger charge is 2.34. The fourth-order valence-corrected chi connectivity index (χ4v) is 2.49. The predicted octanol–water partition coefficient (Wildman–Crippen LogP) is -0.504. The molecule has 0 spiro atoms. The molecule has 0 aliphatic carbocycles. The molecular weight excluding hydrogens is 208 g/mol. The molecule has 0 radical (unpaired) electrons. The molecule has 90 valence electrons. The highest BCUT2D eigenvalue weighted by atomic mass is 16.3. The number of amides is 2. The second-order valence-electron chi connectivity index (χ2n) is 4.55. The van der Waals surface area contributed by atoms with Gasteiger partial charge in [0, 0.05) is 19.5 Å². The molecule has 5 heteroatoms. The second kappa shape index (κ2) is 4.82. The quantitative estimate of drug-likeness (QED) is 0.666. The van der Waals surface area contributed by atoms with Crippen molar-refractivity contribution in [2.24, 2.45) is 5.92 Å². The molecule has 16 heavy (non-hydrogen) atoms. The lowest BCUT2D eigenvalue weighted by atomic mass is 9.97. The van der Waals surface area contributed by atoms with Crippen LogP contribution >= 0.6 is 0 Å². The van der Waals surface area contributed by atoms with Crippen LogP contribution in [0.5, 0.6) is 0 Å². The van der Waals surface area contributed by atoms with Gasteiger partial charge in [0.05, 0.1) is 18.6 Å². The monoisotopic (exact) mass is 226 g/mol. The van der Waals surface area contributed by atoms with Gasteiger partial charge in [-0.15, -0.1) is 0 Å². The number of carbonyl (C=O) groups excluding carboxylic acids is 2. The highest BCUT2D eigenvalue weighted by Crippen LogP contribution is 2.22. The van der Waals surface area contributed by atoms with Crippen LogP contribution in [0.2, 0.25) is 0 Å². The largest absolute Gasteiger partial charge is 0.394 e. The Labute approximate surface area is 94.8 Å². The summed E-state index contributed by atoms with van der Waals surface area (Å²) in [4.78, 5) is 24.9. The molecular formula is C11H18N2O3. The van der Waals surface area contributed by atoms with Crippen LogP contribution in [0.25, 0.3) is 0 Å². The van der Waals surface area contributed by atoms with E-state index in [0.717, 1.165) is 19.4 Å². The van der Waals surface area contributed by atoms with Crippen molar-refractivity contribution in [2.75, 3.05) is 19.7 Å². The van der Waals surface area contributed by atoms with Crippen LogP contribution in [0.4, 0.5) is 0 Å². The minimum atomic E-state index is -0.0927. The van der Waals surface area contributed by atoms with Crippen molar-refractivity contribution in [1.82, 2.24) is 10.2 Å². The van der Waals surface area contributed by atoms with E-state index >= 15 is 0 Å². The smallest absolute Gasteiger partial charge is 0.227 e. The van der Waals surface area contributed by atoms with Gasteiger partial charge in [0.15, 0.2) is 0 Å². The summed E-state index contributed by atoms with van der Waals surface area (Å²) < 4.78 is 0. The molecule has 2 aliphatic rings. The molecule has 2 amide bonds. The summed E-state index contributed by atoms with van der Waals surface area (Å²) in [5.41, 5.74) is 0. The van der Waals surface area contributed by atoms with E-state index in [0.29, 0.717) is 19.4 Å². The standard InChI is InChI=1S/C11H18N2O3/c14-7-9-2-1-5-13(9)11(16)8-3-4-10(15)12-6-8/h8-9,14H,1-7H2,(H,12,15)/t8?,9-/m0/s1. The van der Waals surface area contributed by atoms with Gasteiger partial charge in [-0.2, -0.15) is 0 Å². The molecule has 0 aromatic heterocycles. The summed E-state index contributed by atoms with van der Waals surface area (Å²) in [6, 6.07) is -0.00914. The predicted molar refractivity (Wildman–Crippen MR) is 57.6 cm³/mol. The molecule has 2 heterocycles. The molecule has 2 fully saturated rings. The Morgan fingerprint density at radius 1 is 1.50 bits per heavy atom. The molecule has 2 rings (SSSR count). The van der Waals surface area contributed by atoms with Crippen molar-refractivity contribution < 1.29 is 14.7 Å². The average molecular weight is 226 g/mol. The Kier molecular flexibility index (Phi) is 3.43. The van der Waals surface area contributed by atoms with E-state index in [1.165, 1.54) is 0 Å². The van der Waals surface area contributed by atoms with Gasteiger partial charge in [-0.05, 0) is 19.3 Å². The maximum Gasteiger partial charge on any atom is 0.227 e. The van der Waals surface area contributed by atoms with E-state index in [-0.39, 0.29) is 30.4 Å². The summed E-state index contributed by atoms with van der Waals surface area (Å²) in [5, 5.41) is 11.9. The van der Waals surface area contributed by atoms with E-state index in [1.807, 2.05) is 0 Å². The van der Waals surface area contributed by atoms with E-state index in [2.05, 4.69) is 5.32 Å². The van der Waals surface area contributed by atoms with Gasteiger partial charge in [0.25, 0.3) is 0 Å². The van der Waals surface area contributed by atoms with Gasteiger partial charge in [0.1, 0.15) is 0 Å². The van der Waals surface area contributed by atoms with Gasteiger partial charge in [-0.3, -0.25) is 9.59 Å². The molecule has 0 aromatic rings. The SMILES string of the molecule is O=C1CCC(C(=O)N2CCC[C@H]2CO)CN1. The Balaban J connectivity index is 1.94. The first-order valence-corrected chi connectivity index (χ1v) is 5.90. The van der Waals surface area contributed by atoms with Gasteiger partial charge in [-0.25, -0.2) is 0 Å². The number of carbonyl (C=O) groups is 2. The first-order chi connectivity index (χ1) is 7.72. The number of hydrogen-bond donors (Lipinski definition) is 2. The van der Waals surface area contributed by atoms with E-state index in [1.54, 1.807) is 4.90 Å². The summed E-state index contributed by atoms with van der Waals surface area (Å²) in [6.07, 6.45) is 2.94. The highest BCUT2D eigenvalue weighted by molar-refractivity contribution is 5.84. The number of piperidine rings is 1. The van der Waals surface area contributed by atoms with Crippen molar-refractivity contribution in [3.63, 3.8) is 0 Å². The normalized spacial score (nSPS) is 30.3. The van der Waals surface area contributed by atoms with Crippen LogP contribution in [0.3, 0.4) is 0 Å². The van der Waals surface area contributed by atoms with E-state index in [9.17, 15) is 9.59 Å². The molecule has 2 saturated heterocycles. The molecule has 0 bridgehead atoms. The molecule has 0 saturated carbocycles. The van der Waals surface area contributed by atoms with Crippen LogP contribution < -0.4 is 5.32 Å². The second-order valence-corrected chi connectivity index (χ2v) is 4.55. The number of rotatable bonds is 2. The zero-order chi connectivity index (χ0) is 11.5. The summed E-state index contributed by atoms with van der Waals surface area (Å²) in [5.74, 6) is 0.0329. The van der Waals surface area contributed by atoms with Crippen molar-refractivity contribution in [3.8, 4) is 0 Å². The number of aliphatic hydroxyl groups excluding tert-OH is 1. The Bertz CT molecular complexity index is 283. The fraction of sp³-hybridized carbons (Fsp3) is 0.818. The van der Waals surface area contributed by atoms with Crippen LogP contribution in [0, 0.1) is 5.92 Å². The van der Waals surface area contributed by atoms with Crippen LogP contribution in [-0.4, -0.2) is 47.6 Å². The molecule has 2 atom stereocenters. The van der Waals surface area contributed by atoms with Crippen molar-refractivity contribution in [1.29, 1.82) is 0 Å². The lowest BCUT2D eigenvalue weighted by Crippen LogP contribution is -2.47. The maximum atomic E-state index is 12.1. The molecule has 5 nitrogen and oxygen atoms in total. The summed E-state index contributed by atoms with van der Waals surface area (Å²) in [7, 11) is 0. The summed E-state index contributed by atoms with van der Waals surface area (Å²) in [6.45, 7) is 1.24. The lowest BCUT2D eigenvalue weighted by Gasteiger charge is -2.29.